The van der Waals surface area contributed by atoms with Crippen molar-refractivity contribution in [1.29, 1.82) is 0 Å². The van der Waals surface area contributed by atoms with Crippen molar-refractivity contribution < 1.29 is 23.1 Å². The molecule has 0 bridgehead atoms. The zero-order chi connectivity index (χ0) is 18.8. The molecule has 2 unspecified atom stereocenters. The van der Waals surface area contributed by atoms with Gasteiger partial charge in [-0.25, -0.2) is 13.2 Å². The molecule has 8 heteroatoms. The van der Waals surface area contributed by atoms with E-state index in [-0.39, 0.29) is 17.2 Å². The first-order valence-corrected chi connectivity index (χ1v) is 9.77. The van der Waals surface area contributed by atoms with Gasteiger partial charge in [-0.1, -0.05) is 17.7 Å². The number of likely N-dealkylation sites (tertiary alicyclic amines) is 1. The topological polar surface area (TPSA) is 104 Å². The summed E-state index contributed by atoms with van der Waals surface area (Å²) in [4.78, 5) is 25.1. The summed E-state index contributed by atoms with van der Waals surface area (Å²) in [5.74, 6) is -1.15. The largest absolute Gasteiger partial charge is 0.481 e. The van der Waals surface area contributed by atoms with Crippen LogP contribution in [-0.4, -0.2) is 55.3 Å². The van der Waals surface area contributed by atoms with Gasteiger partial charge in [0.05, 0.1) is 16.1 Å². The van der Waals surface area contributed by atoms with Crippen LogP contribution in [0.2, 0.25) is 0 Å². The van der Waals surface area contributed by atoms with Gasteiger partial charge in [-0.2, -0.15) is 0 Å². The van der Waals surface area contributed by atoms with Gasteiger partial charge in [0, 0.05) is 19.1 Å². The number of carboxylic acids is 1. The van der Waals surface area contributed by atoms with Gasteiger partial charge in [0.1, 0.15) is 0 Å². The van der Waals surface area contributed by atoms with Crippen molar-refractivity contribution in [3.05, 3.63) is 29.8 Å². The van der Waals surface area contributed by atoms with Gasteiger partial charge in [0.25, 0.3) is 0 Å². The second-order valence-electron chi connectivity index (χ2n) is 6.98. The van der Waals surface area contributed by atoms with E-state index in [9.17, 15) is 23.1 Å². The lowest BCUT2D eigenvalue weighted by molar-refractivity contribution is -0.147. The highest BCUT2D eigenvalue weighted by atomic mass is 32.2. The second kappa shape index (κ2) is 7.03. The lowest BCUT2D eigenvalue weighted by Crippen LogP contribution is -2.46. The Labute approximate surface area is 147 Å². The molecule has 0 aromatic heterocycles. The number of carbonyl (C=O) groups is 2. The number of amides is 2. The highest BCUT2D eigenvalue weighted by molar-refractivity contribution is 7.91. The molecule has 2 amide bonds. The van der Waals surface area contributed by atoms with Crippen LogP contribution in [0.4, 0.5) is 4.79 Å². The lowest BCUT2D eigenvalue weighted by Gasteiger charge is -2.22. The summed E-state index contributed by atoms with van der Waals surface area (Å²) in [5, 5.41) is 11.9. The fraction of sp³-hybridized carbons (Fsp3) is 0.529. The Morgan fingerprint density at radius 2 is 1.92 bits per heavy atom. The van der Waals surface area contributed by atoms with Gasteiger partial charge in [0.2, 0.25) is 0 Å². The summed E-state index contributed by atoms with van der Waals surface area (Å²) in [7, 11) is -3.51. The van der Waals surface area contributed by atoms with E-state index in [0.29, 0.717) is 13.0 Å². The summed E-state index contributed by atoms with van der Waals surface area (Å²) in [6.07, 6.45) is 0.381. The fourth-order valence-electron chi connectivity index (χ4n) is 2.82. The first-order valence-electron chi connectivity index (χ1n) is 8.12. The number of hydrogen-bond donors (Lipinski definition) is 2. The number of aryl methyl sites for hydroxylation is 1. The van der Waals surface area contributed by atoms with Crippen LogP contribution in [0.25, 0.3) is 0 Å². The van der Waals surface area contributed by atoms with Crippen molar-refractivity contribution >= 4 is 21.8 Å². The second-order valence-corrected chi connectivity index (χ2v) is 9.02. The molecule has 1 fully saturated rings. The predicted octanol–water partition coefficient (Wildman–Crippen LogP) is 1.66. The summed E-state index contributed by atoms with van der Waals surface area (Å²) in [5.41, 5.74) is 0.0185. The van der Waals surface area contributed by atoms with E-state index < -0.39 is 33.3 Å². The highest BCUT2D eigenvalue weighted by Crippen LogP contribution is 2.30. The van der Waals surface area contributed by atoms with E-state index in [2.05, 4.69) is 5.32 Å². The van der Waals surface area contributed by atoms with E-state index in [1.54, 1.807) is 38.1 Å². The maximum absolute atomic E-state index is 12.4. The minimum atomic E-state index is -3.51. The van der Waals surface area contributed by atoms with Crippen LogP contribution in [0.3, 0.4) is 0 Å². The maximum atomic E-state index is 12.4. The van der Waals surface area contributed by atoms with Crippen LogP contribution in [-0.2, 0) is 14.6 Å². The molecule has 1 saturated heterocycles. The molecular formula is C17H24N2O5S. The molecule has 1 aliphatic heterocycles. The van der Waals surface area contributed by atoms with Gasteiger partial charge in [0.15, 0.2) is 9.84 Å². The molecule has 0 spiro atoms. The van der Waals surface area contributed by atoms with Gasteiger partial charge in [-0.3, -0.25) is 4.79 Å². The van der Waals surface area contributed by atoms with Gasteiger partial charge >= 0.3 is 12.0 Å². The molecule has 0 aliphatic carbocycles. The smallest absolute Gasteiger partial charge is 0.317 e. The summed E-state index contributed by atoms with van der Waals surface area (Å²) in [6, 6.07) is 5.54. The molecule has 1 heterocycles. The van der Waals surface area contributed by atoms with Crippen molar-refractivity contribution in [2.45, 2.75) is 38.1 Å². The number of urea groups is 1. The highest BCUT2D eigenvalue weighted by Gasteiger charge is 2.42. The first kappa shape index (κ1) is 19.2. The molecule has 2 N–H and O–H groups in total. The number of carbonyl (C=O) groups excluding carboxylic acids is 1. The Balaban J connectivity index is 1.96. The Bertz CT molecular complexity index is 760. The Morgan fingerprint density at radius 1 is 1.32 bits per heavy atom. The van der Waals surface area contributed by atoms with E-state index in [1.807, 2.05) is 6.92 Å². The van der Waals surface area contributed by atoms with Crippen LogP contribution in [0.15, 0.2) is 29.2 Å². The summed E-state index contributed by atoms with van der Waals surface area (Å²) >= 11 is 0. The third-order valence-corrected chi connectivity index (χ3v) is 6.43. The van der Waals surface area contributed by atoms with Crippen molar-refractivity contribution in [3.8, 4) is 0 Å². The summed E-state index contributed by atoms with van der Waals surface area (Å²) in [6.45, 7) is 5.56. The Morgan fingerprint density at radius 3 is 2.44 bits per heavy atom. The molecule has 0 saturated carbocycles. The molecule has 1 aromatic carbocycles. The number of aliphatic carboxylic acids is 1. The van der Waals surface area contributed by atoms with Gasteiger partial charge in [-0.15, -0.1) is 0 Å². The number of sulfone groups is 1. The summed E-state index contributed by atoms with van der Waals surface area (Å²) < 4.78 is 24.8. The van der Waals surface area contributed by atoms with Crippen molar-refractivity contribution in [2.75, 3.05) is 18.8 Å². The third kappa shape index (κ3) is 4.50. The quantitative estimate of drug-likeness (QED) is 0.823. The molecule has 25 heavy (non-hydrogen) atoms. The normalized spacial score (nSPS) is 21.8. The fourth-order valence-corrected chi connectivity index (χ4v) is 4.31. The van der Waals surface area contributed by atoms with Crippen LogP contribution in [0.5, 0.6) is 0 Å². The van der Waals surface area contributed by atoms with Crippen LogP contribution in [0.1, 0.15) is 25.8 Å². The SMILES string of the molecule is Cc1ccc(S(=O)(=O)CC(C)NC(=O)N2CCC(C)(C(=O)O)C2)cc1. The third-order valence-electron chi connectivity index (χ3n) is 4.50. The van der Waals surface area contributed by atoms with Crippen molar-refractivity contribution in [2.24, 2.45) is 5.41 Å². The zero-order valence-electron chi connectivity index (χ0n) is 14.7. The van der Waals surface area contributed by atoms with E-state index >= 15 is 0 Å². The van der Waals surface area contributed by atoms with E-state index in [4.69, 9.17) is 0 Å². The van der Waals surface area contributed by atoms with Gasteiger partial charge < -0.3 is 15.3 Å². The zero-order valence-corrected chi connectivity index (χ0v) is 15.5. The minimum Gasteiger partial charge on any atom is -0.481 e. The monoisotopic (exact) mass is 368 g/mol. The molecule has 2 rings (SSSR count). The molecule has 0 radical (unpaired) electrons. The number of rotatable bonds is 5. The predicted molar refractivity (Wildman–Crippen MR) is 93.2 cm³/mol. The number of hydrogen-bond acceptors (Lipinski definition) is 4. The van der Waals surface area contributed by atoms with Crippen molar-refractivity contribution in [3.63, 3.8) is 0 Å². The van der Waals surface area contributed by atoms with Crippen LogP contribution >= 0.6 is 0 Å². The van der Waals surface area contributed by atoms with Crippen molar-refractivity contribution in [1.82, 2.24) is 10.2 Å². The van der Waals surface area contributed by atoms with Crippen LogP contribution < -0.4 is 5.32 Å². The van der Waals surface area contributed by atoms with Gasteiger partial charge in [-0.05, 0) is 39.3 Å². The number of nitrogens with zero attached hydrogens (tertiary/aromatic N) is 1. The first-order chi connectivity index (χ1) is 11.5. The lowest BCUT2D eigenvalue weighted by atomic mass is 9.90. The number of benzene rings is 1. The maximum Gasteiger partial charge on any atom is 0.317 e. The molecular weight excluding hydrogens is 344 g/mol. The molecule has 2 atom stereocenters. The molecule has 1 aliphatic rings. The average Bonchev–Trinajstić information content (AvgIpc) is 2.91. The standard InChI is InChI=1S/C17H24N2O5S/c1-12-4-6-14(7-5-12)25(23,24)10-13(2)18-16(22)19-9-8-17(3,11-19)15(20)21/h4-7,13H,8-11H2,1-3H3,(H,18,22)(H,20,21). The number of carboxylic acid groups (broad SMARTS) is 1. The molecule has 1 aromatic rings. The van der Waals surface area contributed by atoms with E-state index in [0.717, 1.165) is 5.56 Å². The number of nitrogens with one attached hydrogen (secondary N) is 1. The average molecular weight is 368 g/mol. The minimum absolute atomic E-state index is 0.117. The molecule has 138 valence electrons. The molecule has 7 nitrogen and oxygen atoms in total. The van der Waals surface area contributed by atoms with E-state index in [1.165, 1.54) is 4.90 Å². The van der Waals surface area contributed by atoms with Crippen LogP contribution in [0, 0.1) is 12.3 Å². The Kier molecular flexibility index (Phi) is 5.41. The Hall–Kier alpha value is -2.09.